The van der Waals surface area contributed by atoms with Gasteiger partial charge >= 0.3 is 5.69 Å². The van der Waals surface area contributed by atoms with Gasteiger partial charge in [0.15, 0.2) is 5.65 Å². The number of carbonyl (C=O) groups is 1. The molecule has 1 aromatic carbocycles. The van der Waals surface area contributed by atoms with Crippen molar-refractivity contribution in [2.24, 2.45) is 5.92 Å². The van der Waals surface area contributed by atoms with E-state index in [1.807, 2.05) is 32.9 Å². The Morgan fingerprint density at radius 3 is 2.74 bits per heavy atom. The molecule has 4 aromatic rings. The zero-order chi connectivity index (χ0) is 21.9. The molecule has 1 amide bonds. The average Bonchev–Trinajstić information content (AvgIpc) is 3.21. The van der Waals surface area contributed by atoms with E-state index in [-0.39, 0.29) is 18.1 Å². The topological polar surface area (TPSA) is 81.3 Å². The molecule has 8 heteroatoms. The van der Waals surface area contributed by atoms with Crippen molar-refractivity contribution in [1.82, 2.24) is 19.2 Å². The molecule has 0 spiro atoms. The van der Waals surface area contributed by atoms with Crippen molar-refractivity contribution in [1.29, 1.82) is 0 Å². The highest BCUT2D eigenvalue weighted by atomic mass is 32.1. The quantitative estimate of drug-likeness (QED) is 0.531. The molecule has 1 aliphatic rings. The van der Waals surface area contributed by atoms with Crippen molar-refractivity contribution in [3.8, 4) is 0 Å². The molecule has 1 aliphatic carbocycles. The summed E-state index contributed by atoms with van der Waals surface area (Å²) >= 11 is 1.70. The third-order valence-corrected chi connectivity index (χ3v) is 7.27. The number of aromatic nitrogens is 4. The molecule has 0 unspecified atom stereocenters. The van der Waals surface area contributed by atoms with E-state index < -0.39 is 0 Å². The van der Waals surface area contributed by atoms with Gasteiger partial charge in [0, 0.05) is 10.6 Å². The number of fused-ring (bicyclic) bond motifs is 5. The maximum absolute atomic E-state index is 12.9. The number of hydrogen-bond donors (Lipinski definition) is 1. The second-order valence-corrected chi connectivity index (χ2v) is 9.82. The first-order valence-electron chi connectivity index (χ1n) is 10.6. The van der Waals surface area contributed by atoms with Crippen molar-refractivity contribution < 1.29 is 4.79 Å². The molecule has 0 aliphatic heterocycles. The van der Waals surface area contributed by atoms with Gasteiger partial charge in [0.25, 0.3) is 0 Å². The number of carbonyl (C=O) groups excluding carboxylic acids is 1. The minimum absolute atomic E-state index is 0.141. The Morgan fingerprint density at radius 1 is 1.26 bits per heavy atom. The van der Waals surface area contributed by atoms with E-state index in [0.717, 1.165) is 51.9 Å². The Balaban J connectivity index is 1.51. The van der Waals surface area contributed by atoms with Crippen molar-refractivity contribution in [3.63, 3.8) is 0 Å². The van der Waals surface area contributed by atoms with Crippen LogP contribution in [0.1, 0.15) is 40.5 Å². The molecule has 3 heterocycles. The molecule has 0 radical (unpaired) electrons. The summed E-state index contributed by atoms with van der Waals surface area (Å²) in [7, 11) is 0. The van der Waals surface area contributed by atoms with Crippen LogP contribution in [0.2, 0.25) is 0 Å². The zero-order valence-electron chi connectivity index (χ0n) is 18.2. The van der Waals surface area contributed by atoms with Crippen molar-refractivity contribution in [2.45, 2.75) is 53.5 Å². The first-order chi connectivity index (χ1) is 14.8. The highest BCUT2D eigenvalue weighted by Gasteiger charge is 2.24. The number of nitrogens with one attached hydrogen (secondary N) is 1. The number of rotatable bonds is 3. The molecule has 3 aromatic heterocycles. The maximum Gasteiger partial charge on any atom is 0.352 e. The molecule has 5 rings (SSSR count). The summed E-state index contributed by atoms with van der Waals surface area (Å²) in [5.41, 5.74) is 5.45. The molecule has 0 bridgehead atoms. The summed E-state index contributed by atoms with van der Waals surface area (Å²) in [6.45, 7) is 8.09. The maximum atomic E-state index is 12.9. The second kappa shape index (κ2) is 7.30. The largest absolute Gasteiger partial charge is 0.352 e. The molecule has 0 saturated heterocycles. The van der Waals surface area contributed by atoms with Gasteiger partial charge in [0.1, 0.15) is 17.7 Å². The van der Waals surface area contributed by atoms with Gasteiger partial charge < -0.3 is 5.32 Å². The highest BCUT2D eigenvalue weighted by Crippen LogP contribution is 2.38. The number of benzene rings is 1. The fraction of sp³-hybridized carbons (Fsp3) is 0.391. The Morgan fingerprint density at radius 2 is 2.00 bits per heavy atom. The summed E-state index contributed by atoms with van der Waals surface area (Å²) in [6, 6.07) is 4.06. The van der Waals surface area contributed by atoms with Crippen LogP contribution in [0.25, 0.3) is 15.9 Å². The van der Waals surface area contributed by atoms with Gasteiger partial charge in [-0.25, -0.2) is 18.9 Å². The van der Waals surface area contributed by atoms with E-state index in [0.29, 0.717) is 11.6 Å². The molecule has 0 fully saturated rings. The molecule has 160 valence electrons. The summed E-state index contributed by atoms with van der Waals surface area (Å²) < 4.78 is 2.70. The van der Waals surface area contributed by atoms with Crippen LogP contribution in [-0.2, 0) is 24.2 Å². The first-order valence-corrected chi connectivity index (χ1v) is 11.4. The fourth-order valence-electron chi connectivity index (χ4n) is 4.66. The zero-order valence-corrected chi connectivity index (χ0v) is 19.0. The standard InChI is InChI=1S/C23H25N5O2S/c1-12-5-6-16-17(9-12)31-22-19(16)21-26-28(23(30)27(21)11-24-22)10-18(29)25-20-14(3)7-13(2)8-15(20)4/h7-8,11-12H,5-6,9-10H2,1-4H3,(H,25,29)/t12-/m1/s1. The van der Waals surface area contributed by atoms with Crippen LogP contribution >= 0.6 is 11.3 Å². The van der Waals surface area contributed by atoms with Crippen LogP contribution in [0, 0.1) is 26.7 Å². The van der Waals surface area contributed by atoms with E-state index in [1.54, 1.807) is 11.3 Å². The third-order valence-electron chi connectivity index (χ3n) is 6.11. The lowest BCUT2D eigenvalue weighted by atomic mass is 9.89. The second-order valence-electron chi connectivity index (χ2n) is 8.73. The average molecular weight is 436 g/mol. The van der Waals surface area contributed by atoms with Crippen LogP contribution in [-0.4, -0.2) is 25.1 Å². The van der Waals surface area contributed by atoms with Crippen molar-refractivity contribution >= 4 is 38.8 Å². The summed E-state index contributed by atoms with van der Waals surface area (Å²) in [5.74, 6) is 0.389. The first kappa shape index (κ1) is 19.9. The van der Waals surface area contributed by atoms with Gasteiger partial charge in [0.05, 0.1) is 5.39 Å². The van der Waals surface area contributed by atoms with Crippen LogP contribution in [0.4, 0.5) is 5.69 Å². The van der Waals surface area contributed by atoms with Crippen LogP contribution in [0.3, 0.4) is 0 Å². The van der Waals surface area contributed by atoms with E-state index in [4.69, 9.17) is 0 Å². The van der Waals surface area contributed by atoms with E-state index in [2.05, 4.69) is 22.3 Å². The van der Waals surface area contributed by atoms with Crippen molar-refractivity contribution in [3.05, 3.63) is 56.1 Å². The lowest BCUT2D eigenvalue weighted by Gasteiger charge is -2.17. The monoisotopic (exact) mass is 435 g/mol. The highest BCUT2D eigenvalue weighted by molar-refractivity contribution is 7.19. The van der Waals surface area contributed by atoms with Crippen LogP contribution in [0.5, 0.6) is 0 Å². The normalized spacial score (nSPS) is 16.1. The number of hydrogen-bond acceptors (Lipinski definition) is 5. The minimum Gasteiger partial charge on any atom is -0.324 e. The van der Waals surface area contributed by atoms with E-state index in [9.17, 15) is 9.59 Å². The fourth-order valence-corrected chi connectivity index (χ4v) is 6.00. The summed E-state index contributed by atoms with van der Waals surface area (Å²) in [5, 5.41) is 8.47. The number of thiophene rings is 1. The van der Waals surface area contributed by atoms with Gasteiger partial charge in [-0.1, -0.05) is 24.6 Å². The van der Waals surface area contributed by atoms with Crippen LogP contribution < -0.4 is 11.0 Å². The third kappa shape index (κ3) is 3.35. The number of nitrogens with zero attached hydrogens (tertiary/aromatic N) is 4. The van der Waals surface area contributed by atoms with E-state index >= 15 is 0 Å². The molecule has 7 nitrogen and oxygen atoms in total. The number of anilines is 1. The Bertz CT molecular complexity index is 1390. The predicted octanol–water partition coefficient (Wildman–Crippen LogP) is 3.79. The lowest BCUT2D eigenvalue weighted by Crippen LogP contribution is -2.28. The van der Waals surface area contributed by atoms with Gasteiger partial charge in [0.2, 0.25) is 5.91 Å². The summed E-state index contributed by atoms with van der Waals surface area (Å²) in [6.07, 6.45) is 4.68. The molecule has 31 heavy (non-hydrogen) atoms. The Labute approximate surface area is 183 Å². The van der Waals surface area contributed by atoms with Crippen molar-refractivity contribution in [2.75, 3.05) is 5.32 Å². The SMILES string of the molecule is Cc1cc(C)c(NC(=O)Cn2nc3c4c5c(sc4ncn3c2=O)C[C@H](C)CC5)c(C)c1. The summed E-state index contributed by atoms with van der Waals surface area (Å²) in [4.78, 5) is 32.5. The van der Waals surface area contributed by atoms with E-state index in [1.165, 1.54) is 25.9 Å². The smallest absolute Gasteiger partial charge is 0.324 e. The molecular weight excluding hydrogens is 410 g/mol. The molecule has 0 saturated carbocycles. The van der Waals surface area contributed by atoms with Gasteiger partial charge in [-0.05, 0) is 62.6 Å². The molecular formula is C23H25N5O2S. The lowest BCUT2D eigenvalue weighted by molar-refractivity contribution is -0.117. The molecule has 1 atom stereocenters. The van der Waals surface area contributed by atoms with Gasteiger partial charge in [-0.3, -0.25) is 4.79 Å². The Kier molecular flexibility index (Phi) is 4.69. The minimum atomic E-state index is -0.346. The number of amides is 1. The molecule has 1 N–H and O–H groups in total. The number of aryl methyl sites for hydroxylation is 4. The van der Waals surface area contributed by atoms with Gasteiger partial charge in [-0.2, -0.15) is 0 Å². The van der Waals surface area contributed by atoms with Gasteiger partial charge in [-0.15, -0.1) is 16.4 Å². The van der Waals surface area contributed by atoms with Crippen LogP contribution in [0.15, 0.2) is 23.3 Å². The Hall–Kier alpha value is -3.00. The predicted molar refractivity (Wildman–Crippen MR) is 123 cm³/mol.